The third-order valence-corrected chi connectivity index (χ3v) is 6.62. The molecule has 186 valence electrons. The maximum Gasteiger partial charge on any atom is 0.264 e. The van der Waals surface area contributed by atoms with Crippen LogP contribution in [0.25, 0.3) is 38.1 Å². The number of fused-ring (bicyclic) bond motifs is 1. The maximum absolute atomic E-state index is 14.7. The molecule has 1 unspecified atom stereocenters. The van der Waals surface area contributed by atoms with Crippen LogP contribution in [0.3, 0.4) is 0 Å². The Morgan fingerprint density at radius 2 is 1.89 bits per heavy atom. The predicted octanol–water partition coefficient (Wildman–Crippen LogP) is 6.35. The van der Waals surface area contributed by atoms with Gasteiger partial charge in [-0.3, -0.25) is 9.36 Å². The van der Waals surface area contributed by atoms with E-state index in [1.54, 1.807) is 6.07 Å². The number of halogens is 2. The van der Waals surface area contributed by atoms with Crippen LogP contribution in [0, 0.1) is 18.2 Å². The average Bonchev–Trinajstić information content (AvgIpc) is 3.43. The molecule has 4 aromatic rings. The first-order valence-electron chi connectivity index (χ1n) is 11.8. The van der Waals surface area contributed by atoms with Gasteiger partial charge in [0.05, 0.1) is 36.3 Å². The van der Waals surface area contributed by atoms with E-state index in [-0.39, 0.29) is 22.8 Å². The van der Waals surface area contributed by atoms with Gasteiger partial charge in [0.2, 0.25) is 0 Å². The molecule has 0 amide bonds. The average molecular weight is 499 g/mol. The smallest absolute Gasteiger partial charge is 0.264 e. The fourth-order valence-corrected chi connectivity index (χ4v) is 4.77. The Balaban J connectivity index is 1.84. The van der Waals surface area contributed by atoms with Crippen molar-refractivity contribution >= 4 is 22.2 Å². The molecule has 0 bridgehead atoms. The Hall–Kier alpha value is -4.35. The van der Waals surface area contributed by atoms with Gasteiger partial charge in [-0.05, 0) is 55.1 Å². The summed E-state index contributed by atoms with van der Waals surface area (Å²) in [7, 11) is 1.18. The summed E-state index contributed by atoms with van der Waals surface area (Å²) in [6.07, 6.45) is 1.58. The standard InChI is InChI=1S/C29H24F2N4O2/c1-16(2)17-7-9-18(10-8-17)21-12-19(32-3)13-22-26(21)34-28(25-6-5-11-33-25)35(29(22)36)20-14-23(30)27(37-4)24(31)15-20/h7-10,12-15,25,33H,1,5-6,11H2,2,4H3. The van der Waals surface area contributed by atoms with Crippen LogP contribution in [0.4, 0.5) is 14.5 Å². The first-order chi connectivity index (χ1) is 17.8. The van der Waals surface area contributed by atoms with Gasteiger partial charge < -0.3 is 10.1 Å². The van der Waals surface area contributed by atoms with Crippen LogP contribution in [0.2, 0.25) is 0 Å². The van der Waals surface area contributed by atoms with Crippen LogP contribution < -0.4 is 15.6 Å². The molecule has 1 N–H and O–H groups in total. The Labute approximate surface area is 212 Å². The molecule has 0 spiro atoms. The molecule has 1 fully saturated rings. The van der Waals surface area contributed by atoms with Gasteiger partial charge in [0.25, 0.3) is 5.56 Å². The van der Waals surface area contributed by atoms with Crippen molar-refractivity contribution in [2.75, 3.05) is 13.7 Å². The van der Waals surface area contributed by atoms with Gasteiger partial charge in [0, 0.05) is 12.1 Å². The first kappa shape index (κ1) is 24.3. The number of benzene rings is 3. The zero-order valence-corrected chi connectivity index (χ0v) is 20.4. The molecule has 1 saturated heterocycles. The number of hydrogen-bond acceptors (Lipinski definition) is 4. The SMILES string of the molecule is [C-]#[N+]c1cc(-c2ccc(C(=C)C)cc2)c2nc(C3CCCN3)n(-c3cc(F)c(OC)c(F)c3)c(=O)c2c1. The zero-order valence-electron chi connectivity index (χ0n) is 20.4. The minimum atomic E-state index is -0.928. The Morgan fingerprint density at radius 3 is 2.46 bits per heavy atom. The largest absolute Gasteiger partial charge is 0.491 e. The summed E-state index contributed by atoms with van der Waals surface area (Å²) < 4.78 is 35.4. The van der Waals surface area contributed by atoms with Gasteiger partial charge in [-0.25, -0.2) is 18.6 Å². The molecule has 0 aliphatic carbocycles. The van der Waals surface area contributed by atoms with E-state index in [9.17, 15) is 13.6 Å². The van der Waals surface area contributed by atoms with Gasteiger partial charge in [-0.15, -0.1) is 0 Å². The van der Waals surface area contributed by atoms with Crippen LogP contribution in [0.1, 0.15) is 37.2 Å². The van der Waals surface area contributed by atoms with Crippen molar-refractivity contribution in [3.63, 3.8) is 0 Å². The van der Waals surface area contributed by atoms with Gasteiger partial charge in [0.15, 0.2) is 23.1 Å². The van der Waals surface area contributed by atoms with Crippen molar-refractivity contribution < 1.29 is 13.5 Å². The normalized spacial score (nSPS) is 15.1. The highest BCUT2D eigenvalue weighted by molar-refractivity contribution is 5.96. The van der Waals surface area contributed by atoms with E-state index in [1.807, 2.05) is 31.2 Å². The number of hydrogen-bond donors (Lipinski definition) is 1. The van der Waals surface area contributed by atoms with Crippen LogP contribution in [0.5, 0.6) is 5.75 Å². The fraction of sp³-hybridized carbons (Fsp3) is 0.207. The topological polar surface area (TPSA) is 60.5 Å². The second-order valence-corrected chi connectivity index (χ2v) is 9.06. The van der Waals surface area contributed by atoms with Crippen molar-refractivity contribution in [2.45, 2.75) is 25.8 Å². The van der Waals surface area contributed by atoms with Crippen molar-refractivity contribution in [1.82, 2.24) is 14.9 Å². The van der Waals surface area contributed by atoms with E-state index in [1.165, 1.54) is 17.7 Å². The maximum atomic E-state index is 14.7. The molecule has 1 aromatic heterocycles. The Bertz CT molecular complexity index is 1620. The molecular formula is C29H24F2N4O2. The highest BCUT2D eigenvalue weighted by atomic mass is 19.1. The van der Waals surface area contributed by atoms with Gasteiger partial charge >= 0.3 is 0 Å². The summed E-state index contributed by atoms with van der Waals surface area (Å²) in [6, 6.07) is 12.7. The summed E-state index contributed by atoms with van der Waals surface area (Å²) in [5.74, 6) is -2.03. The number of allylic oxidation sites excluding steroid dienone is 1. The molecule has 2 heterocycles. The third-order valence-electron chi connectivity index (χ3n) is 6.62. The molecule has 8 heteroatoms. The second-order valence-electron chi connectivity index (χ2n) is 9.06. The molecule has 1 aliphatic rings. The minimum absolute atomic E-state index is 0.000485. The Kier molecular flexibility index (Phi) is 6.32. The number of rotatable bonds is 5. The number of methoxy groups -OCH3 is 1. The van der Waals surface area contributed by atoms with Crippen LogP contribution in [0.15, 0.2) is 59.9 Å². The number of nitrogens with zero attached hydrogens (tertiary/aromatic N) is 3. The van der Waals surface area contributed by atoms with E-state index < -0.39 is 22.9 Å². The lowest BCUT2D eigenvalue weighted by Crippen LogP contribution is -2.29. The summed E-state index contributed by atoms with van der Waals surface area (Å²) in [5.41, 5.74) is 3.49. The molecule has 37 heavy (non-hydrogen) atoms. The lowest BCUT2D eigenvalue weighted by atomic mass is 9.98. The predicted molar refractivity (Wildman–Crippen MR) is 140 cm³/mol. The first-order valence-corrected chi connectivity index (χ1v) is 11.8. The van der Waals surface area contributed by atoms with E-state index in [0.717, 1.165) is 41.8 Å². The van der Waals surface area contributed by atoms with Crippen LogP contribution in [-0.4, -0.2) is 23.2 Å². The summed E-state index contributed by atoms with van der Waals surface area (Å²) in [4.78, 5) is 22.5. The van der Waals surface area contributed by atoms with E-state index in [0.29, 0.717) is 23.3 Å². The molecule has 1 aliphatic heterocycles. The molecule has 1 atom stereocenters. The number of ether oxygens (including phenoxy) is 1. The molecule has 0 saturated carbocycles. The quantitative estimate of drug-likeness (QED) is 0.326. The van der Waals surface area contributed by atoms with Crippen molar-refractivity contribution in [2.24, 2.45) is 0 Å². The number of nitrogens with one attached hydrogen (secondary N) is 1. The Morgan fingerprint density at radius 1 is 1.19 bits per heavy atom. The highest BCUT2D eigenvalue weighted by Crippen LogP contribution is 2.34. The molecule has 3 aromatic carbocycles. The van der Waals surface area contributed by atoms with Gasteiger partial charge in [-0.1, -0.05) is 36.4 Å². The lowest BCUT2D eigenvalue weighted by molar-refractivity contribution is 0.359. The molecule has 0 radical (unpaired) electrons. The summed E-state index contributed by atoms with van der Waals surface area (Å²) in [6.45, 7) is 14.2. The van der Waals surface area contributed by atoms with Crippen LogP contribution >= 0.6 is 0 Å². The zero-order chi connectivity index (χ0) is 26.3. The van der Waals surface area contributed by atoms with E-state index in [2.05, 4.69) is 16.7 Å². The van der Waals surface area contributed by atoms with Crippen LogP contribution in [-0.2, 0) is 0 Å². The summed E-state index contributed by atoms with van der Waals surface area (Å²) >= 11 is 0. The van der Waals surface area contributed by atoms with E-state index in [4.69, 9.17) is 16.3 Å². The fourth-order valence-electron chi connectivity index (χ4n) is 4.77. The van der Waals surface area contributed by atoms with E-state index >= 15 is 0 Å². The highest BCUT2D eigenvalue weighted by Gasteiger charge is 2.26. The van der Waals surface area contributed by atoms with Gasteiger partial charge in [0.1, 0.15) is 5.82 Å². The van der Waals surface area contributed by atoms with Gasteiger partial charge in [-0.2, -0.15) is 0 Å². The second kappa shape index (κ2) is 9.60. The molecular weight excluding hydrogens is 474 g/mol. The molecule has 5 rings (SSSR count). The van der Waals surface area contributed by atoms with Crippen molar-refractivity contribution in [1.29, 1.82) is 0 Å². The summed E-state index contributed by atoms with van der Waals surface area (Å²) in [5, 5.41) is 3.52. The monoisotopic (exact) mass is 498 g/mol. The van der Waals surface area contributed by atoms with Crippen molar-refractivity contribution in [3.05, 3.63) is 99.9 Å². The number of aromatic nitrogens is 2. The minimum Gasteiger partial charge on any atom is -0.491 e. The third kappa shape index (κ3) is 4.28. The van der Waals surface area contributed by atoms with Crippen molar-refractivity contribution in [3.8, 4) is 22.6 Å². The molecule has 6 nitrogen and oxygen atoms in total. The lowest BCUT2D eigenvalue weighted by Gasteiger charge is -2.20.